The largest absolute Gasteiger partial charge is 0.387 e. The van der Waals surface area contributed by atoms with Crippen molar-refractivity contribution < 1.29 is 14.6 Å². The molecule has 1 aromatic rings. The smallest absolute Gasteiger partial charge is 0.241 e. The van der Waals surface area contributed by atoms with E-state index in [-0.39, 0.29) is 18.6 Å². The summed E-state index contributed by atoms with van der Waals surface area (Å²) in [7, 11) is 0. The first-order chi connectivity index (χ1) is 9.19. The van der Waals surface area contributed by atoms with Gasteiger partial charge in [0.1, 0.15) is 12.2 Å². The van der Waals surface area contributed by atoms with E-state index in [0.29, 0.717) is 18.7 Å². The third kappa shape index (κ3) is 4.00. The zero-order valence-electron chi connectivity index (χ0n) is 11.1. The molecule has 1 aliphatic heterocycles. The van der Waals surface area contributed by atoms with E-state index in [1.54, 1.807) is 6.20 Å². The Bertz CT molecular complexity index is 415. The molecule has 1 aliphatic rings. The van der Waals surface area contributed by atoms with Crippen LogP contribution >= 0.6 is 0 Å². The highest BCUT2D eigenvalue weighted by molar-refractivity contribution is 5.75. The van der Waals surface area contributed by atoms with E-state index >= 15 is 0 Å². The first kappa shape index (κ1) is 14.0. The molecule has 7 heteroatoms. The summed E-state index contributed by atoms with van der Waals surface area (Å²) >= 11 is 0. The Morgan fingerprint density at radius 3 is 3.26 bits per heavy atom. The van der Waals surface area contributed by atoms with Crippen molar-refractivity contribution in [2.75, 3.05) is 13.2 Å². The molecule has 2 unspecified atom stereocenters. The summed E-state index contributed by atoms with van der Waals surface area (Å²) in [5.41, 5.74) is 0.495. The van der Waals surface area contributed by atoms with Crippen LogP contribution in [0.15, 0.2) is 6.20 Å². The molecule has 0 spiro atoms. The van der Waals surface area contributed by atoms with Gasteiger partial charge in [0.15, 0.2) is 0 Å². The number of rotatable bonds is 6. The number of aliphatic hydroxyl groups is 1. The lowest BCUT2D eigenvalue weighted by Crippen LogP contribution is -2.34. The Morgan fingerprint density at radius 1 is 1.74 bits per heavy atom. The van der Waals surface area contributed by atoms with Crippen molar-refractivity contribution in [1.29, 1.82) is 0 Å². The fourth-order valence-electron chi connectivity index (χ4n) is 1.99. The average molecular weight is 268 g/mol. The lowest BCUT2D eigenvalue weighted by atomic mass is 10.2. The van der Waals surface area contributed by atoms with E-state index in [0.717, 1.165) is 19.4 Å². The number of ether oxygens (including phenoxy) is 1. The minimum absolute atomic E-state index is 0.107. The van der Waals surface area contributed by atoms with Gasteiger partial charge in [-0.1, -0.05) is 12.1 Å². The van der Waals surface area contributed by atoms with E-state index < -0.39 is 6.10 Å². The Labute approximate surface area is 111 Å². The number of nitrogens with one attached hydrogen (secondary N) is 1. The van der Waals surface area contributed by atoms with E-state index in [4.69, 9.17) is 4.74 Å². The Morgan fingerprint density at radius 2 is 2.58 bits per heavy atom. The second kappa shape index (κ2) is 6.63. The number of hydrogen-bond donors (Lipinski definition) is 2. The maximum absolute atomic E-state index is 11.7. The summed E-state index contributed by atoms with van der Waals surface area (Å²) in [6.07, 6.45) is 3.74. The highest BCUT2D eigenvalue weighted by Crippen LogP contribution is 2.12. The first-order valence-corrected chi connectivity index (χ1v) is 6.65. The van der Waals surface area contributed by atoms with Gasteiger partial charge in [0.05, 0.1) is 18.4 Å². The van der Waals surface area contributed by atoms with Gasteiger partial charge in [-0.05, 0) is 19.3 Å². The minimum atomic E-state index is -0.622. The van der Waals surface area contributed by atoms with Gasteiger partial charge in [-0.2, -0.15) is 0 Å². The van der Waals surface area contributed by atoms with E-state index in [1.165, 1.54) is 4.68 Å². The van der Waals surface area contributed by atoms with E-state index in [2.05, 4.69) is 15.6 Å². The second-order valence-corrected chi connectivity index (χ2v) is 4.70. The van der Waals surface area contributed by atoms with Crippen LogP contribution in [-0.4, -0.2) is 45.3 Å². The molecule has 106 valence electrons. The number of amides is 1. The molecule has 1 saturated heterocycles. The van der Waals surface area contributed by atoms with E-state index in [1.807, 2.05) is 6.92 Å². The van der Waals surface area contributed by atoms with Gasteiger partial charge in [0.2, 0.25) is 5.91 Å². The molecule has 1 amide bonds. The molecule has 1 aromatic heterocycles. The van der Waals surface area contributed by atoms with Crippen LogP contribution in [0.1, 0.15) is 38.0 Å². The number of aromatic nitrogens is 3. The predicted octanol–water partition coefficient (Wildman–Crippen LogP) is 0.0167. The van der Waals surface area contributed by atoms with Crippen LogP contribution in [0.5, 0.6) is 0 Å². The van der Waals surface area contributed by atoms with Crippen LogP contribution < -0.4 is 5.32 Å². The average Bonchev–Trinajstić information content (AvgIpc) is 3.06. The molecule has 1 fully saturated rings. The molecule has 2 rings (SSSR count). The molecule has 2 atom stereocenters. The second-order valence-electron chi connectivity index (χ2n) is 4.70. The number of nitrogens with zero attached hydrogens (tertiary/aromatic N) is 3. The molecule has 2 heterocycles. The summed E-state index contributed by atoms with van der Waals surface area (Å²) in [5.74, 6) is -0.127. The minimum Gasteiger partial charge on any atom is -0.387 e. The monoisotopic (exact) mass is 268 g/mol. The van der Waals surface area contributed by atoms with Crippen molar-refractivity contribution in [3.8, 4) is 0 Å². The van der Waals surface area contributed by atoms with Crippen LogP contribution in [0.3, 0.4) is 0 Å². The van der Waals surface area contributed by atoms with E-state index in [9.17, 15) is 9.90 Å². The van der Waals surface area contributed by atoms with Gasteiger partial charge in [-0.3, -0.25) is 4.79 Å². The van der Waals surface area contributed by atoms with Gasteiger partial charge < -0.3 is 15.2 Å². The third-order valence-electron chi connectivity index (χ3n) is 3.14. The van der Waals surface area contributed by atoms with Gasteiger partial charge >= 0.3 is 0 Å². The molecular weight excluding hydrogens is 248 g/mol. The molecule has 19 heavy (non-hydrogen) atoms. The SMILES string of the molecule is CCC(O)c1cn(CC(=O)NCC2CCCO2)nn1. The highest BCUT2D eigenvalue weighted by Gasteiger charge is 2.16. The number of carbonyl (C=O) groups is 1. The number of aliphatic hydroxyl groups excluding tert-OH is 1. The Kier molecular flexibility index (Phi) is 4.86. The summed E-state index contributed by atoms with van der Waals surface area (Å²) in [6.45, 7) is 3.29. The summed E-state index contributed by atoms with van der Waals surface area (Å²) in [5, 5.41) is 20.1. The molecule has 0 saturated carbocycles. The number of hydrogen-bond acceptors (Lipinski definition) is 5. The lowest BCUT2D eigenvalue weighted by molar-refractivity contribution is -0.122. The van der Waals surface area contributed by atoms with Crippen LogP contribution in [0, 0.1) is 0 Å². The van der Waals surface area contributed by atoms with Gasteiger partial charge in [0, 0.05) is 13.2 Å². The summed E-state index contributed by atoms with van der Waals surface area (Å²) in [6, 6.07) is 0. The highest BCUT2D eigenvalue weighted by atomic mass is 16.5. The Balaban J connectivity index is 1.76. The molecular formula is C12H20N4O3. The normalized spacial score (nSPS) is 20.4. The zero-order valence-corrected chi connectivity index (χ0v) is 11.1. The van der Waals surface area contributed by atoms with Gasteiger partial charge in [0.25, 0.3) is 0 Å². The van der Waals surface area contributed by atoms with Crippen molar-refractivity contribution in [2.45, 2.75) is 44.9 Å². The first-order valence-electron chi connectivity index (χ1n) is 6.65. The van der Waals surface area contributed by atoms with Crippen molar-refractivity contribution in [3.05, 3.63) is 11.9 Å². The predicted molar refractivity (Wildman–Crippen MR) is 67.3 cm³/mol. The molecule has 0 radical (unpaired) electrons. The van der Waals surface area contributed by atoms with Crippen LogP contribution in [0.4, 0.5) is 0 Å². The fraction of sp³-hybridized carbons (Fsp3) is 0.750. The fourth-order valence-corrected chi connectivity index (χ4v) is 1.99. The molecule has 0 aromatic carbocycles. The lowest BCUT2D eigenvalue weighted by Gasteiger charge is -2.10. The summed E-state index contributed by atoms with van der Waals surface area (Å²) < 4.78 is 6.85. The quantitative estimate of drug-likeness (QED) is 0.759. The van der Waals surface area contributed by atoms with Gasteiger partial charge in [-0.15, -0.1) is 5.10 Å². The van der Waals surface area contributed by atoms with Crippen molar-refractivity contribution in [2.24, 2.45) is 0 Å². The topological polar surface area (TPSA) is 89.3 Å². The van der Waals surface area contributed by atoms with Gasteiger partial charge in [-0.25, -0.2) is 4.68 Å². The molecule has 2 N–H and O–H groups in total. The Hall–Kier alpha value is -1.47. The number of carbonyl (C=O) groups excluding carboxylic acids is 1. The van der Waals surface area contributed by atoms with Crippen molar-refractivity contribution in [3.63, 3.8) is 0 Å². The van der Waals surface area contributed by atoms with Crippen molar-refractivity contribution >= 4 is 5.91 Å². The summed E-state index contributed by atoms with van der Waals surface area (Å²) in [4.78, 5) is 11.7. The zero-order chi connectivity index (χ0) is 13.7. The molecule has 0 aliphatic carbocycles. The van der Waals surface area contributed by atoms with Crippen LogP contribution in [0.25, 0.3) is 0 Å². The van der Waals surface area contributed by atoms with Crippen LogP contribution in [-0.2, 0) is 16.1 Å². The maximum Gasteiger partial charge on any atom is 0.241 e. The molecule has 7 nitrogen and oxygen atoms in total. The maximum atomic E-state index is 11.7. The third-order valence-corrected chi connectivity index (χ3v) is 3.14. The molecule has 0 bridgehead atoms. The standard InChI is InChI=1S/C12H20N4O3/c1-2-11(17)10-7-16(15-14-10)8-12(18)13-6-9-4-3-5-19-9/h7,9,11,17H,2-6,8H2,1H3,(H,13,18). The van der Waals surface area contributed by atoms with Crippen molar-refractivity contribution in [1.82, 2.24) is 20.3 Å². The van der Waals surface area contributed by atoms with Crippen LogP contribution in [0.2, 0.25) is 0 Å².